The fraction of sp³-hybridized carbons (Fsp3) is 0.222. The number of nitrogens with one attached hydrogen (secondary N) is 2. The molecular formula is C18H20N2O3S. The van der Waals surface area contributed by atoms with Crippen molar-refractivity contribution in [3.8, 4) is 0 Å². The quantitative estimate of drug-likeness (QED) is 0.619. The Morgan fingerprint density at radius 2 is 1.88 bits per heavy atom. The van der Waals surface area contributed by atoms with Crippen LogP contribution in [0.15, 0.2) is 47.4 Å². The molecule has 0 aromatic heterocycles. The van der Waals surface area contributed by atoms with Gasteiger partial charge in [-0.15, -0.1) is 11.8 Å². The van der Waals surface area contributed by atoms with Gasteiger partial charge in [-0.05, 0) is 43.0 Å². The summed E-state index contributed by atoms with van der Waals surface area (Å²) in [6, 6.07) is 12.9. The largest absolute Gasteiger partial charge is 0.465 e. The first-order valence-corrected chi connectivity index (χ1v) is 8.63. The molecule has 0 heterocycles. The van der Waals surface area contributed by atoms with Crippen molar-refractivity contribution < 1.29 is 14.3 Å². The van der Waals surface area contributed by atoms with E-state index >= 15 is 0 Å². The van der Waals surface area contributed by atoms with Gasteiger partial charge in [0.2, 0.25) is 5.91 Å². The van der Waals surface area contributed by atoms with Crippen LogP contribution in [0.4, 0.5) is 11.4 Å². The van der Waals surface area contributed by atoms with Gasteiger partial charge in [0, 0.05) is 16.3 Å². The van der Waals surface area contributed by atoms with Crippen LogP contribution in [0.25, 0.3) is 0 Å². The predicted molar refractivity (Wildman–Crippen MR) is 97.9 cm³/mol. The molecule has 5 nitrogen and oxygen atoms in total. The van der Waals surface area contributed by atoms with Gasteiger partial charge in [-0.2, -0.15) is 0 Å². The van der Waals surface area contributed by atoms with Crippen LogP contribution in [0.1, 0.15) is 15.9 Å². The summed E-state index contributed by atoms with van der Waals surface area (Å²) in [4.78, 5) is 24.9. The molecule has 1 amide bonds. The van der Waals surface area contributed by atoms with Crippen molar-refractivity contribution >= 4 is 35.0 Å². The average molecular weight is 344 g/mol. The third-order valence-electron chi connectivity index (χ3n) is 3.48. The molecule has 0 atom stereocenters. The van der Waals surface area contributed by atoms with Gasteiger partial charge in [-0.3, -0.25) is 4.79 Å². The Labute approximate surface area is 145 Å². The standard InChI is InChI=1S/C18H20N2O3S/c1-12-8-9-13(18(22)23-2)10-15(12)20-17(21)11-19-14-6-4-5-7-16(14)24-3/h4-10,19H,11H2,1-3H3,(H,20,21). The topological polar surface area (TPSA) is 67.4 Å². The molecular weight excluding hydrogens is 324 g/mol. The molecule has 0 unspecified atom stereocenters. The molecule has 2 aromatic rings. The molecule has 2 aromatic carbocycles. The number of hydrogen-bond acceptors (Lipinski definition) is 5. The van der Waals surface area contributed by atoms with Crippen molar-refractivity contribution in [1.82, 2.24) is 0 Å². The Kier molecular flexibility index (Phi) is 6.26. The fourth-order valence-electron chi connectivity index (χ4n) is 2.16. The number of methoxy groups -OCH3 is 1. The van der Waals surface area contributed by atoms with Gasteiger partial charge >= 0.3 is 5.97 Å². The molecule has 0 aliphatic rings. The van der Waals surface area contributed by atoms with E-state index in [-0.39, 0.29) is 12.5 Å². The first-order chi connectivity index (χ1) is 11.5. The van der Waals surface area contributed by atoms with E-state index in [1.165, 1.54) is 7.11 Å². The van der Waals surface area contributed by atoms with Crippen molar-refractivity contribution in [2.24, 2.45) is 0 Å². The lowest BCUT2D eigenvalue weighted by Crippen LogP contribution is -2.22. The lowest BCUT2D eigenvalue weighted by molar-refractivity contribution is -0.114. The zero-order valence-electron chi connectivity index (χ0n) is 13.9. The molecule has 0 fully saturated rings. The number of thioether (sulfide) groups is 1. The number of rotatable bonds is 6. The highest BCUT2D eigenvalue weighted by atomic mass is 32.2. The minimum Gasteiger partial charge on any atom is -0.465 e. The SMILES string of the molecule is COC(=O)c1ccc(C)c(NC(=O)CNc2ccccc2SC)c1. The van der Waals surface area contributed by atoms with Crippen molar-refractivity contribution in [3.05, 3.63) is 53.6 Å². The van der Waals surface area contributed by atoms with Crippen LogP contribution >= 0.6 is 11.8 Å². The minimum atomic E-state index is -0.433. The predicted octanol–water partition coefficient (Wildman–Crippen LogP) is 3.55. The lowest BCUT2D eigenvalue weighted by atomic mass is 10.1. The third kappa shape index (κ3) is 4.52. The summed E-state index contributed by atoms with van der Waals surface area (Å²) < 4.78 is 4.70. The molecule has 0 saturated heterocycles. The van der Waals surface area contributed by atoms with Crippen molar-refractivity contribution in [2.45, 2.75) is 11.8 Å². The molecule has 0 aliphatic heterocycles. The maximum absolute atomic E-state index is 12.2. The summed E-state index contributed by atoms with van der Waals surface area (Å²) in [5.41, 5.74) is 2.79. The number of esters is 1. The number of amides is 1. The summed E-state index contributed by atoms with van der Waals surface area (Å²) >= 11 is 1.62. The van der Waals surface area contributed by atoms with Gasteiger partial charge in [-0.1, -0.05) is 18.2 Å². The number of carbonyl (C=O) groups excluding carboxylic acids is 2. The minimum absolute atomic E-state index is 0.138. The summed E-state index contributed by atoms with van der Waals surface area (Å²) in [5, 5.41) is 5.95. The Morgan fingerprint density at radius 1 is 1.12 bits per heavy atom. The highest BCUT2D eigenvalue weighted by molar-refractivity contribution is 7.98. The van der Waals surface area contributed by atoms with E-state index in [1.54, 1.807) is 30.0 Å². The van der Waals surface area contributed by atoms with E-state index in [0.29, 0.717) is 11.3 Å². The van der Waals surface area contributed by atoms with Gasteiger partial charge in [0.05, 0.1) is 19.2 Å². The summed E-state index contributed by atoms with van der Waals surface area (Å²) in [6.45, 7) is 2.01. The van der Waals surface area contributed by atoms with Gasteiger partial charge < -0.3 is 15.4 Å². The second kappa shape index (κ2) is 8.40. The van der Waals surface area contributed by atoms with E-state index < -0.39 is 5.97 Å². The van der Waals surface area contributed by atoms with Gasteiger partial charge in [0.15, 0.2) is 0 Å². The second-order valence-corrected chi connectivity index (χ2v) is 5.97. The van der Waals surface area contributed by atoms with Crippen molar-refractivity contribution in [2.75, 3.05) is 30.5 Å². The number of para-hydroxylation sites is 1. The van der Waals surface area contributed by atoms with Gasteiger partial charge in [-0.25, -0.2) is 4.79 Å². The third-order valence-corrected chi connectivity index (χ3v) is 4.27. The smallest absolute Gasteiger partial charge is 0.337 e. The van der Waals surface area contributed by atoms with Gasteiger partial charge in [0.1, 0.15) is 0 Å². The van der Waals surface area contributed by atoms with E-state index in [0.717, 1.165) is 16.1 Å². The van der Waals surface area contributed by atoms with E-state index in [2.05, 4.69) is 10.6 Å². The lowest BCUT2D eigenvalue weighted by Gasteiger charge is -2.12. The molecule has 0 aliphatic carbocycles. The number of aryl methyl sites for hydroxylation is 1. The first-order valence-electron chi connectivity index (χ1n) is 7.41. The average Bonchev–Trinajstić information content (AvgIpc) is 2.61. The van der Waals surface area contributed by atoms with E-state index in [1.807, 2.05) is 37.4 Å². The number of benzene rings is 2. The van der Waals surface area contributed by atoms with Crippen molar-refractivity contribution in [1.29, 1.82) is 0 Å². The molecule has 0 spiro atoms. The Hall–Kier alpha value is -2.47. The number of carbonyl (C=O) groups is 2. The van der Waals surface area contributed by atoms with Crippen LogP contribution in [-0.4, -0.2) is 31.8 Å². The Balaban J connectivity index is 2.03. The van der Waals surface area contributed by atoms with Crippen LogP contribution in [-0.2, 0) is 9.53 Å². The van der Waals surface area contributed by atoms with Crippen LogP contribution < -0.4 is 10.6 Å². The van der Waals surface area contributed by atoms with Crippen LogP contribution in [0, 0.1) is 6.92 Å². The highest BCUT2D eigenvalue weighted by Crippen LogP contribution is 2.24. The molecule has 2 N–H and O–H groups in total. The first kappa shape index (κ1) is 17.9. The van der Waals surface area contributed by atoms with Crippen LogP contribution in [0.3, 0.4) is 0 Å². The molecule has 0 radical (unpaired) electrons. The number of ether oxygens (including phenoxy) is 1. The van der Waals surface area contributed by atoms with Crippen molar-refractivity contribution in [3.63, 3.8) is 0 Å². The molecule has 0 bridgehead atoms. The zero-order chi connectivity index (χ0) is 17.5. The maximum atomic E-state index is 12.2. The van der Waals surface area contributed by atoms with Crippen LogP contribution in [0.5, 0.6) is 0 Å². The molecule has 24 heavy (non-hydrogen) atoms. The zero-order valence-corrected chi connectivity index (χ0v) is 14.7. The highest BCUT2D eigenvalue weighted by Gasteiger charge is 2.10. The maximum Gasteiger partial charge on any atom is 0.337 e. The number of anilines is 2. The molecule has 126 valence electrons. The second-order valence-electron chi connectivity index (χ2n) is 5.12. The molecule has 6 heteroatoms. The van der Waals surface area contributed by atoms with Gasteiger partial charge in [0.25, 0.3) is 0 Å². The summed E-state index contributed by atoms with van der Waals surface area (Å²) in [6.07, 6.45) is 1.99. The van der Waals surface area contributed by atoms with E-state index in [4.69, 9.17) is 4.74 Å². The normalized spacial score (nSPS) is 10.1. The monoisotopic (exact) mass is 344 g/mol. The molecule has 0 saturated carbocycles. The summed E-state index contributed by atoms with van der Waals surface area (Å²) in [5.74, 6) is -0.617. The Bertz CT molecular complexity index is 747. The number of hydrogen-bond donors (Lipinski definition) is 2. The summed E-state index contributed by atoms with van der Waals surface area (Å²) in [7, 11) is 1.33. The van der Waals surface area contributed by atoms with E-state index in [9.17, 15) is 9.59 Å². The molecule has 2 rings (SSSR count). The Morgan fingerprint density at radius 3 is 2.58 bits per heavy atom. The van der Waals surface area contributed by atoms with Crippen LogP contribution in [0.2, 0.25) is 0 Å². The fourth-order valence-corrected chi connectivity index (χ4v) is 2.74.